The monoisotopic (exact) mass is 290 g/mol. The van der Waals surface area contributed by atoms with Gasteiger partial charge in [0.25, 0.3) is 0 Å². The molecule has 0 bridgehead atoms. The zero-order chi connectivity index (χ0) is 14.1. The van der Waals surface area contributed by atoms with E-state index in [9.17, 15) is 4.39 Å². The summed E-state index contributed by atoms with van der Waals surface area (Å²) in [5.41, 5.74) is 8.29. The lowest BCUT2D eigenvalue weighted by Gasteiger charge is -2.06. The highest BCUT2D eigenvalue weighted by atomic mass is 32.1. The highest BCUT2D eigenvalue weighted by molar-refractivity contribution is 7.80. The second-order valence-electron chi connectivity index (χ2n) is 4.82. The first-order valence-corrected chi connectivity index (χ1v) is 6.99. The number of nitrogens with zero attached hydrogens (tertiary/aromatic N) is 2. The van der Waals surface area contributed by atoms with E-state index >= 15 is 0 Å². The smallest absolute Gasteiger partial charge is 0.193 e. The number of anilines is 1. The van der Waals surface area contributed by atoms with E-state index in [2.05, 4.69) is 10.4 Å². The standard InChI is InChI=1S/C14H15FN4S/c15-10-5-3-4-9(8-10)12-11-6-1-2-7-17-13(11)19(18-12)14(16)20/h3-5,8,17H,1-2,6-7H2,(H2,16,20). The quantitative estimate of drug-likeness (QED) is 0.792. The third-order valence-corrected chi connectivity index (χ3v) is 3.61. The second kappa shape index (κ2) is 5.20. The van der Waals surface area contributed by atoms with Crippen LogP contribution >= 0.6 is 12.2 Å². The van der Waals surface area contributed by atoms with Gasteiger partial charge in [-0.1, -0.05) is 12.1 Å². The number of nitrogens with one attached hydrogen (secondary N) is 1. The summed E-state index contributed by atoms with van der Waals surface area (Å²) >= 11 is 5.04. The molecule has 1 aromatic heterocycles. The van der Waals surface area contributed by atoms with Crippen LogP contribution in [-0.2, 0) is 6.42 Å². The summed E-state index contributed by atoms with van der Waals surface area (Å²) < 4.78 is 15.0. The molecule has 20 heavy (non-hydrogen) atoms. The van der Waals surface area contributed by atoms with Gasteiger partial charge >= 0.3 is 0 Å². The lowest BCUT2D eigenvalue weighted by atomic mass is 10.0. The fraction of sp³-hybridized carbons (Fsp3) is 0.286. The molecule has 0 radical (unpaired) electrons. The molecule has 6 heteroatoms. The number of nitrogens with two attached hydrogens (primary N) is 1. The summed E-state index contributed by atoms with van der Waals surface area (Å²) in [5.74, 6) is 0.567. The van der Waals surface area contributed by atoms with Crippen LogP contribution in [0.4, 0.5) is 10.2 Å². The van der Waals surface area contributed by atoms with E-state index < -0.39 is 0 Å². The number of benzene rings is 1. The van der Waals surface area contributed by atoms with Gasteiger partial charge in [0.1, 0.15) is 11.6 Å². The number of thiocarbonyl (C=S) groups is 1. The van der Waals surface area contributed by atoms with Crippen LogP contribution < -0.4 is 11.1 Å². The van der Waals surface area contributed by atoms with Gasteiger partial charge in [-0.05, 0) is 43.6 Å². The molecule has 4 nitrogen and oxygen atoms in total. The van der Waals surface area contributed by atoms with Crippen molar-refractivity contribution in [3.05, 3.63) is 35.6 Å². The molecule has 2 heterocycles. The number of hydrogen-bond acceptors (Lipinski definition) is 3. The Labute approximate surface area is 121 Å². The molecule has 2 aromatic rings. The molecule has 104 valence electrons. The zero-order valence-corrected chi connectivity index (χ0v) is 11.7. The predicted molar refractivity (Wildman–Crippen MR) is 81.2 cm³/mol. The summed E-state index contributed by atoms with van der Waals surface area (Å²) in [4.78, 5) is 0. The Kier molecular flexibility index (Phi) is 3.40. The lowest BCUT2D eigenvalue weighted by Crippen LogP contribution is -2.22. The molecule has 1 aliphatic heterocycles. The van der Waals surface area contributed by atoms with E-state index in [1.807, 2.05) is 6.07 Å². The minimum atomic E-state index is -0.275. The van der Waals surface area contributed by atoms with Gasteiger partial charge in [-0.3, -0.25) is 0 Å². The fourth-order valence-electron chi connectivity index (χ4n) is 2.53. The maximum absolute atomic E-state index is 13.4. The Bertz CT molecular complexity index is 665. The van der Waals surface area contributed by atoms with E-state index in [0.29, 0.717) is 0 Å². The minimum Gasteiger partial charge on any atom is -0.374 e. The lowest BCUT2D eigenvalue weighted by molar-refractivity contribution is 0.628. The average molecular weight is 290 g/mol. The molecular formula is C14H15FN4S. The molecule has 0 aliphatic carbocycles. The van der Waals surface area contributed by atoms with Crippen molar-refractivity contribution >= 4 is 23.1 Å². The molecule has 0 saturated carbocycles. The summed E-state index contributed by atoms with van der Waals surface area (Å²) in [6.07, 6.45) is 3.02. The van der Waals surface area contributed by atoms with Crippen molar-refractivity contribution in [3.63, 3.8) is 0 Å². The Hall–Kier alpha value is -1.95. The van der Waals surface area contributed by atoms with Crippen LogP contribution in [0.5, 0.6) is 0 Å². The minimum absolute atomic E-state index is 0.193. The van der Waals surface area contributed by atoms with Crippen LogP contribution in [-0.4, -0.2) is 21.4 Å². The van der Waals surface area contributed by atoms with Crippen molar-refractivity contribution in [2.75, 3.05) is 11.9 Å². The van der Waals surface area contributed by atoms with Crippen molar-refractivity contribution in [2.45, 2.75) is 19.3 Å². The van der Waals surface area contributed by atoms with Crippen molar-refractivity contribution < 1.29 is 4.39 Å². The molecule has 0 spiro atoms. The van der Waals surface area contributed by atoms with Crippen molar-refractivity contribution in [1.29, 1.82) is 0 Å². The maximum Gasteiger partial charge on any atom is 0.193 e. The number of aromatic nitrogens is 2. The first-order chi connectivity index (χ1) is 9.66. The molecule has 1 aromatic carbocycles. The normalized spacial score (nSPS) is 14.2. The number of hydrogen-bond donors (Lipinski definition) is 2. The van der Waals surface area contributed by atoms with E-state index in [-0.39, 0.29) is 10.9 Å². The molecule has 0 amide bonds. The highest BCUT2D eigenvalue weighted by Crippen LogP contribution is 2.32. The molecule has 0 fully saturated rings. The summed E-state index contributed by atoms with van der Waals surface area (Å²) in [6.45, 7) is 0.865. The molecule has 3 N–H and O–H groups in total. The second-order valence-corrected chi connectivity index (χ2v) is 5.24. The van der Waals surface area contributed by atoms with Crippen molar-refractivity contribution in [3.8, 4) is 11.3 Å². The van der Waals surface area contributed by atoms with Crippen molar-refractivity contribution in [2.24, 2.45) is 5.73 Å². The third kappa shape index (κ3) is 2.27. The summed E-state index contributed by atoms with van der Waals surface area (Å²) in [6, 6.07) is 6.43. The Balaban J connectivity index is 2.18. The highest BCUT2D eigenvalue weighted by Gasteiger charge is 2.21. The van der Waals surface area contributed by atoms with Gasteiger partial charge < -0.3 is 11.1 Å². The van der Waals surface area contributed by atoms with E-state index in [4.69, 9.17) is 18.0 Å². The van der Waals surface area contributed by atoms with Gasteiger partial charge in [-0.15, -0.1) is 0 Å². The van der Waals surface area contributed by atoms with Gasteiger partial charge in [0.2, 0.25) is 0 Å². The van der Waals surface area contributed by atoms with Gasteiger partial charge in [-0.25, -0.2) is 4.39 Å². The first-order valence-electron chi connectivity index (χ1n) is 6.58. The zero-order valence-electron chi connectivity index (χ0n) is 10.9. The van der Waals surface area contributed by atoms with Crippen molar-refractivity contribution in [1.82, 2.24) is 9.78 Å². The summed E-state index contributed by atoms with van der Waals surface area (Å²) in [5, 5.41) is 7.98. The number of halogens is 1. The van der Waals surface area contributed by atoms with Crippen LogP contribution in [0.3, 0.4) is 0 Å². The van der Waals surface area contributed by atoms with Gasteiger partial charge in [0.15, 0.2) is 5.11 Å². The van der Waals surface area contributed by atoms with E-state index in [1.165, 1.54) is 16.8 Å². The molecule has 1 aliphatic rings. The molecule has 0 unspecified atom stereocenters. The average Bonchev–Trinajstić information content (AvgIpc) is 2.61. The van der Waals surface area contributed by atoms with Gasteiger partial charge in [-0.2, -0.15) is 9.78 Å². The van der Waals surface area contributed by atoms with E-state index in [0.717, 1.165) is 48.4 Å². The van der Waals surface area contributed by atoms with Crippen LogP contribution in [0.25, 0.3) is 11.3 Å². The molecular weight excluding hydrogens is 275 g/mol. The van der Waals surface area contributed by atoms with Crippen LogP contribution in [0.15, 0.2) is 24.3 Å². The van der Waals surface area contributed by atoms with Gasteiger partial charge in [0.05, 0.1) is 5.69 Å². The Morgan fingerprint density at radius 1 is 1.40 bits per heavy atom. The van der Waals surface area contributed by atoms with Crippen LogP contribution in [0.2, 0.25) is 0 Å². The number of fused-ring (bicyclic) bond motifs is 1. The van der Waals surface area contributed by atoms with Crippen LogP contribution in [0.1, 0.15) is 18.4 Å². The Morgan fingerprint density at radius 3 is 3.00 bits per heavy atom. The summed E-state index contributed by atoms with van der Waals surface area (Å²) in [7, 11) is 0. The first kappa shape index (κ1) is 13.1. The van der Waals surface area contributed by atoms with E-state index in [1.54, 1.807) is 6.07 Å². The maximum atomic E-state index is 13.4. The largest absolute Gasteiger partial charge is 0.374 e. The van der Waals surface area contributed by atoms with Gasteiger partial charge in [0, 0.05) is 17.7 Å². The topological polar surface area (TPSA) is 55.9 Å². The van der Waals surface area contributed by atoms with Crippen LogP contribution in [0, 0.1) is 5.82 Å². The number of rotatable bonds is 1. The molecule has 0 saturated heterocycles. The molecule has 3 rings (SSSR count). The Morgan fingerprint density at radius 2 is 2.25 bits per heavy atom. The fourth-order valence-corrected chi connectivity index (χ4v) is 2.66. The predicted octanol–water partition coefficient (Wildman–Crippen LogP) is 2.53. The molecule has 0 atom stereocenters. The SMILES string of the molecule is NC(=S)n1nc(-c2cccc(F)c2)c2c1NCCCC2. The third-order valence-electron chi connectivity index (χ3n) is 3.44.